The molecule has 0 aliphatic carbocycles. The molecule has 0 aromatic carbocycles. The van der Waals surface area contributed by atoms with E-state index in [0.29, 0.717) is 7.18 Å². The molecule has 0 unspecified atom stereocenters. The summed E-state index contributed by atoms with van der Waals surface area (Å²) in [4.78, 5) is 0. The molecule has 52 valence electrons. The molecule has 3 heteroatoms. The fourth-order valence-electron chi connectivity index (χ4n) is 0.204. The first kappa shape index (κ1) is 15.8. The lowest BCUT2D eigenvalue weighted by Gasteiger charge is -1.86. The largest absolute Gasteiger partial charge is 0.382 e. The molecular weight excluding hydrogens is 122 g/mol. The molecule has 0 heterocycles. The maximum absolute atomic E-state index is 9.50. The van der Waals surface area contributed by atoms with Gasteiger partial charge in [0.05, 0.1) is 7.18 Å². The third kappa shape index (κ3) is 32.2. The van der Waals surface area contributed by atoms with Crippen LogP contribution in [0.5, 0.6) is 0 Å². The normalized spacial score (nSPS) is 6.00. The van der Waals surface area contributed by atoms with Crippen molar-refractivity contribution in [2.75, 3.05) is 20.4 Å². The standard InChI is InChI=1S/C4H10O.CH3F.Al.3H/c1-3-5-4-2;1-2;;;;/h3-4H2,1-2H3;1H3;;;;. The minimum atomic E-state index is 0. The van der Waals surface area contributed by atoms with Crippen LogP contribution in [0.15, 0.2) is 0 Å². The van der Waals surface area contributed by atoms with E-state index in [-0.39, 0.29) is 17.4 Å². The van der Waals surface area contributed by atoms with E-state index in [9.17, 15) is 4.39 Å². The van der Waals surface area contributed by atoms with E-state index < -0.39 is 0 Å². The Morgan fingerprint density at radius 1 is 1.12 bits per heavy atom. The van der Waals surface area contributed by atoms with Crippen LogP contribution in [0.25, 0.3) is 0 Å². The highest BCUT2D eigenvalue weighted by Crippen LogP contribution is 1.64. The molecule has 0 atom stereocenters. The average Bonchev–Trinajstić information content (AvgIpc) is 1.75. The smallest absolute Gasteiger partial charge is 0.187 e. The molecule has 0 aliphatic heterocycles. The minimum Gasteiger partial charge on any atom is -0.382 e. The molecule has 0 aromatic heterocycles. The quantitative estimate of drug-likeness (QED) is 0.503. The van der Waals surface area contributed by atoms with Gasteiger partial charge in [-0.3, -0.25) is 4.39 Å². The van der Waals surface area contributed by atoms with E-state index in [0.717, 1.165) is 13.2 Å². The molecule has 0 radical (unpaired) electrons. The van der Waals surface area contributed by atoms with Gasteiger partial charge in [0.25, 0.3) is 0 Å². The number of alkyl halides is 1. The van der Waals surface area contributed by atoms with Crippen molar-refractivity contribution in [3.8, 4) is 0 Å². The Morgan fingerprint density at radius 3 is 1.38 bits per heavy atom. The lowest BCUT2D eigenvalue weighted by atomic mass is 10.8. The summed E-state index contributed by atoms with van der Waals surface area (Å²) in [5, 5.41) is 0. The van der Waals surface area contributed by atoms with Gasteiger partial charge in [-0.05, 0) is 13.8 Å². The minimum absolute atomic E-state index is 0. The number of halogens is 1. The van der Waals surface area contributed by atoms with Crippen molar-refractivity contribution in [2.45, 2.75) is 13.8 Å². The summed E-state index contributed by atoms with van der Waals surface area (Å²) in [5.74, 6) is 0. The predicted octanol–water partition coefficient (Wildman–Crippen LogP) is 0.445. The van der Waals surface area contributed by atoms with E-state index >= 15 is 0 Å². The molecule has 0 fully saturated rings. The first-order valence-corrected chi connectivity index (χ1v) is 2.37. The van der Waals surface area contributed by atoms with Crippen molar-refractivity contribution in [2.24, 2.45) is 0 Å². The molecule has 1 nitrogen and oxygen atoms in total. The van der Waals surface area contributed by atoms with Gasteiger partial charge in [-0.2, -0.15) is 0 Å². The molecule has 0 rings (SSSR count). The highest BCUT2D eigenvalue weighted by molar-refractivity contribution is 5.75. The Hall–Kier alpha value is 0.422. The zero-order chi connectivity index (χ0) is 6.12. The summed E-state index contributed by atoms with van der Waals surface area (Å²) in [5.41, 5.74) is 0. The molecule has 0 spiro atoms. The van der Waals surface area contributed by atoms with Gasteiger partial charge in [0.1, 0.15) is 0 Å². The summed E-state index contributed by atoms with van der Waals surface area (Å²) < 4.78 is 14.3. The Kier molecular flexibility index (Phi) is 51.6. The molecule has 0 aliphatic rings. The summed E-state index contributed by atoms with van der Waals surface area (Å²) in [6.45, 7) is 5.67. The van der Waals surface area contributed by atoms with Crippen LogP contribution in [0.1, 0.15) is 13.8 Å². The predicted molar refractivity (Wildman–Crippen MR) is 39.1 cm³/mol. The van der Waals surface area contributed by atoms with Crippen molar-refractivity contribution < 1.29 is 9.13 Å². The van der Waals surface area contributed by atoms with Gasteiger partial charge in [-0.1, -0.05) is 0 Å². The third-order valence-electron chi connectivity index (χ3n) is 0.408. The molecule has 0 amide bonds. The van der Waals surface area contributed by atoms with Gasteiger partial charge in [-0.25, -0.2) is 0 Å². The van der Waals surface area contributed by atoms with Gasteiger partial charge in [-0.15, -0.1) is 0 Å². The third-order valence-corrected chi connectivity index (χ3v) is 0.408. The van der Waals surface area contributed by atoms with E-state index in [2.05, 4.69) is 0 Å². The van der Waals surface area contributed by atoms with Crippen LogP contribution in [0.2, 0.25) is 0 Å². The fourth-order valence-corrected chi connectivity index (χ4v) is 0.204. The van der Waals surface area contributed by atoms with Crippen LogP contribution in [0, 0.1) is 0 Å². The van der Waals surface area contributed by atoms with Crippen LogP contribution >= 0.6 is 0 Å². The van der Waals surface area contributed by atoms with Crippen LogP contribution in [0.3, 0.4) is 0 Å². The molecule has 0 N–H and O–H groups in total. The highest BCUT2D eigenvalue weighted by Gasteiger charge is 1.64. The van der Waals surface area contributed by atoms with Crippen LogP contribution in [0.4, 0.5) is 4.39 Å². The summed E-state index contributed by atoms with van der Waals surface area (Å²) >= 11 is 0. The van der Waals surface area contributed by atoms with Gasteiger partial charge < -0.3 is 4.74 Å². The number of hydrogen-bond acceptors (Lipinski definition) is 1. The molecular formula is C5H16AlFO. The van der Waals surface area contributed by atoms with Crippen molar-refractivity contribution in [3.05, 3.63) is 0 Å². The Labute approximate surface area is 61.4 Å². The second-order valence-corrected chi connectivity index (χ2v) is 0.781. The number of rotatable bonds is 2. The maximum Gasteiger partial charge on any atom is 0.187 e. The zero-order valence-electron chi connectivity index (χ0n) is 5.20. The topological polar surface area (TPSA) is 9.23 Å². The Morgan fingerprint density at radius 2 is 1.38 bits per heavy atom. The lowest BCUT2D eigenvalue weighted by molar-refractivity contribution is 0.162. The molecule has 0 saturated heterocycles. The molecule has 0 saturated carbocycles. The fraction of sp³-hybridized carbons (Fsp3) is 1.00. The van der Waals surface area contributed by atoms with Crippen LogP contribution in [-0.2, 0) is 4.74 Å². The second-order valence-electron chi connectivity index (χ2n) is 0.781. The SMILES string of the molecule is CCOCC.CF.[AlH3]. The second kappa shape index (κ2) is 26.1. The molecule has 0 aromatic rings. The summed E-state index contributed by atoms with van der Waals surface area (Å²) in [7, 11) is 0.500. The van der Waals surface area contributed by atoms with Crippen molar-refractivity contribution in [1.82, 2.24) is 0 Å². The van der Waals surface area contributed by atoms with Crippen molar-refractivity contribution in [1.29, 1.82) is 0 Å². The summed E-state index contributed by atoms with van der Waals surface area (Å²) in [6.07, 6.45) is 0. The van der Waals surface area contributed by atoms with E-state index in [1.165, 1.54) is 0 Å². The average molecular weight is 138 g/mol. The van der Waals surface area contributed by atoms with Crippen molar-refractivity contribution in [3.63, 3.8) is 0 Å². The molecule has 0 bridgehead atoms. The first-order valence-electron chi connectivity index (χ1n) is 2.37. The van der Waals surface area contributed by atoms with Gasteiger partial charge in [0, 0.05) is 13.2 Å². The first-order chi connectivity index (χ1) is 3.41. The van der Waals surface area contributed by atoms with Crippen LogP contribution in [-0.4, -0.2) is 37.8 Å². The lowest BCUT2D eigenvalue weighted by Crippen LogP contribution is -1.84. The van der Waals surface area contributed by atoms with E-state index in [1.807, 2.05) is 13.8 Å². The Bertz CT molecular complexity index is 19.9. The number of hydrogen-bond donors (Lipinski definition) is 0. The zero-order valence-corrected chi connectivity index (χ0v) is 5.20. The molecule has 8 heavy (non-hydrogen) atoms. The Balaban J connectivity index is -0.0000000750. The number of ether oxygens (including phenoxy) is 1. The van der Waals surface area contributed by atoms with Crippen LogP contribution < -0.4 is 0 Å². The van der Waals surface area contributed by atoms with Gasteiger partial charge >= 0.3 is 0 Å². The van der Waals surface area contributed by atoms with E-state index in [1.54, 1.807) is 0 Å². The monoisotopic (exact) mass is 138 g/mol. The highest BCUT2D eigenvalue weighted by atomic mass is 27.0. The maximum atomic E-state index is 9.50. The van der Waals surface area contributed by atoms with E-state index in [4.69, 9.17) is 4.74 Å². The van der Waals surface area contributed by atoms with Gasteiger partial charge in [0.15, 0.2) is 17.4 Å². The van der Waals surface area contributed by atoms with Crippen molar-refractivity contribution >= 4 is 17.4 Å². The van der Waals surface area contributed by atoms with Gasteiger partial charge in [0.2, 0.25) is 0 Å². The summed E-state index contributed by atoms with van der Waals surface area (Å²) in [6, 6.07) is 0.